The molecule has 19 heavy (non-hydrogen) atoms. The highest BCUT2D eigenvalue weighted by Crippen LogP contribution is 2.08. The minimum atomic E-state index is -0.624. The van der Waals surface area contributed by atoms with Crippen molar-refractivity contribution in [3.05, 3.63) is 53.9 Å². The van der Waals surface area contributed by atoms with E-state index in [1.165, 1.54) is 0 Å². The van der Waals surface area contributed by atoms with Gasteiger partial charge in [-0.3, -0.25) is 9.48 Å². The highest BCUT2D eigenvalue weighted by molar-refractivity contribution is 5.82. The number of carbonyl (C=O) groups excluding carboxylic acids is 1. The van der Waals surface area contributed by atoms with Crippen LogP contribution in [0.5, 0.6) is 0 Å². The summed E-state index contributed by atoms with van der Waals surface area (Å²) in [7, 11) is 0. The van der Waals surface area contributed by atoms with Crippen molar-refractivity contribution in [2.75, 3.05) is 6.54 Å². The number of nitrogens with zero attached hydrogens (tertiary/aromatic N) is 2. The Balaban J connectivity index is 1.81. The van der Waals surface area contributed by atoms with E-state index in [9.17, 15) is 4.79 Å². The van der Waals surface area contributed by atoms with E-state index in [2.05, 4.69) is 10.4 Å². The summed E-state index contributed by atoms with van der Waals surface area (Å²) in [6.07, 6.45) is 3.72. The van der Waals surface area contributed by atoms with Gasteiger partial charge >= 0.3 is 0 Å². The number of aromatic nitrogens is 2. The van der Waals surface area contributed by atoms with Gasteiger partial charge in [-0.25, -0.2) is 0 Å². The monoisotopic (exact) mass is 258 g/mol. The predicted molar refractivity (Wildman–Crippen MR) is 73.3 cm³/mol. The van der Waals surface area contributed by atoms with Crippen LogP contribution in [0.25, 0.3) is 0 Å². The van der Waals surface area contributed by atoms with E-state index in [4.69, 9.17) is 5.73 Å². The lowest BCUT2D eigenvalue weighted by molar-refractivity contribution is -0.122. The Bertz CT molecular complexity index is 535. The minimum absolute atomic E-state index is 0.171. The summed E-state index contributed by atoms with van der Waals surface area (Å²) < 4.78 is 1.80. The average molecular weight is 258 g/mol. The van der Waals surface area contributed by atoms with Crippen LogP contribution in [0.4, 0.5) is 0 Å². The van der Waals surface area contributed by atoms with Gasteiger partial charge in [0.25, 0.3) is 0 Å². The number of carbonyl (C=O) groups is 1. The third kappa shape index (κ3) is 3.66. The van der Waals surface area contributed by atoms with Crippen LogP contribution < -0.4 is 11.1 Å². The molecule has 3 N–H and O–H groups in total. The molecule has 2 rings (SSSR count). The lowest BCUT2D eigenvalue weighted by Gasteiger charge is -2.12. The maximum Gasteiger partial charge on any atom is 0.241 e. The van der Waals surface area contributed by atoms with Crippen LogP contribution in [0.2, 0.25) is 0 Å². The van der Waals surface area contributed by atoms with Crippen LogP contribution in [0.1, 0.15) is 17.2 Å². The lowest BCUT2D eigenvalue weighted by Crippen LogP contribution is -2.35. The number of hydrogen-bond acceptors (Lipinski definition) is 3. The van der Waals surface area contributed by atoms with Crippen LogP contribution in [-0.2, 0) is 11.3 Å². The molecule has 1 atom stereocenters. The van der Waals surface area contributed by atoms with Crippen molar-refractivity contribution in [2.45, 2.75) is 19.5 Å². The van der Waals surface area contributed by atoms with Gasteiger partial charge in [0, 0.05) is 12.7 Å². The minimum Gasteiger partial charge on any atom is -0.353 e. The summed E-state index contributed by atoms with van der Waals surface area (Å²) in [6.45, 7) is 3.13. The number of hydrogen-bond donors (Lipinski definition) is 2. The summed E-state index contributed by atoms with van der Waals surface area (Å²) in [6, 6.07) is 8.71. The van der Waals surface area contributed by atoms with E-state index in [1.54, 1.807) is 10.9 Å². The largest absolute Gasteiger partial charge is 0.353 e. The maximum atomic E-state index is 11.9. The number of benzene rings is 1. The molecule has 0 fully saturated rings. The molecule has 5 heteroatoms. The average Bonchev–Trinajstić information content (AvgIpc) is 2.84. The Labute approximate surface area is 112 Å². The Kier molecular flexibility index (Phi) is 4.30. The fourth-order valence-electron chi connectivity index (χ4n) is 1.80. The van der Waals surface area contributed by atoms with Crippen LogP contribution >= 0.6 is 0 Å². The summed E-state index contributed by atoms with van der Waals surface area (Å²) in [5.41, 5.74) is 7.81. The van der Waals surface area contributed by atoms with E-state index in [0.717, 1.165) is 11.1 Å². The van der Waals surface area contributed by atoms with Crippen LogP contribution in [0.3, 0.4) is 0 Å². The van der Waals surface area contributed by atoms with Gasteiger partial charge in [-0.2, -0.15) is 5.10 Å². The van der Waals surface area contributed by atoms with Crippen molar-refractivity contribution < 1.29 is 4.79 Å². The molecule has 0 aliphatic rings. The van der Waals surface area contributed by atoms with E-state index >= 15 is 0 Å². The molecule has 2 aromatic rings. The third-order valence-electron chi connectivity index (χ3n) is 2.84. The van der Waals surface area contributed by atoms with Gasteiger partial charge in [-0.15, -0.1) is 0 Å². The number of nitrogens with one attached hydrogen (secondary N) is 1. The molecule has 1 aromatic carbocycles. The zero-order chi connectivity index (χ0) is 13.7. The normalized spacial score (nSPS) is 12.1. The van der Waals surface area contributed by atoms with Crippen LogP contribution in [-0.4, -0.2) is 22.2 Å². The number of nitrogens with two attached hydrogens (primary N) is 1. The number of aryl methyl sites for hydroxylation is 1. The van der Waals surface area contributed by atoms with Gasteiger partial charge in [0.15, 0.2) is 0 Å². The van der Waals surface area contributed by atoms with Gasteiger partial charge in [0.2, 0.25) is 5.91 Å². The van der Waals surface area contributed by atoms with Gasteiger partial charge < -0.3 is 11.1 Å². The second-order valence-corrected chi connectivity index (χ2v) is 4.46. The highest BCUT2D eigenvalue weighted by atomic mass is 16.2. The van der Waals surface area contributed by atoms with Crippen LogP contribution in [0, 0.1) is 6.92 Å². The molecule has 0 aliphatic heterocycles. The highest BCUT2D eigenvalue weighted by Gasteiger charge is 2.14. The molecular weight excluding hydrogens is 240 g/mol. The smallest absolute Gasteiger partial charge is 0.241 e. The number of amides is 1. The van der Waals surface area contributed by atoms with Crippen LogP contribution in [0.15, 0.2) is 42.7 Å². The predicted octanol–water partition coefficient (Wildman–Crippen LogP) is 1.01. The van der Waals surface area contributed by atoms with E-state index in [0.29, 0.717) is 13.1 Å². The molecule has 0 saturated carbocycles. The molecule has 0 radical (unpaired) electrons. The molecule has 1 amide bonds. The molecule has 0 saturated heterocycles. The van der Waals surface area contributed by atoms with Gasteiger partial charge in [-0.1, -0.05) is 30.3 Å². The maximum absolute atomic E-state index is 11.9. The Morgan fingerprint density at radius 1 is 1.42 bits per heavy atom. The summed E-state index contributed by atoms with van der Waals surface area (Å²) in [4.78, 5) is 11.9. The van der Waals surface area contributed by atoms with Crippen molar-refractivity contribution in [3.8, 4) is 0 Å². The van der Waals surface area contributed by atoms with Crippen molar-refractivity contribution in [2.24, 2.45) is 5.73 Å². The fraction of sp³-hybridized carbons (Fsp3) is 0.286. The Morgan fingerprint density at radius 3 is 2.79 bits per heavy atom. The first-order valence-corrected chi connectivity index (χ1v) is 6.24. The molecule has 5 nitrogen and oxygen atoms in total. The first-order chi connectivity index (χ1) is 9.16. The van der Waals surface area contributed by atoms with E-state index in [-0.39, 0.29) is 5.91 Å². The summed E-state index contributed by atoms with van der Waals surface area (Å²) in [5, 5.41) is 6.96. The second-order valence-electron chi connectivity index (χ2n) is 4.46. The molecule has 0 bridgehead atoms. The summed E-state index contributed by atoms with van der Waals surface area (Å²) in [5.74, 6) is -0.171. The molecular formula is C14H18N4O. The quantitative estimate of drug-likeness (QED) is 0.840. The van der Waals surface area contributed by atoms with Crippen molar-refractivity contribution in [3.63, 3.8) is 0 Å². The lowest BCUT2D eigenvalue weighted by atomic mass is 10.1. The van der Waals surface area contributed by atoms with Crippen molar-refractivity contribution >= 4 is 5.91 Å². The van der Waals surface area contributed by atoms with Gasteiger partial charge in [0.1, 0.15) is 6.04 Å². The third-order valence-corrected chi connectivity index (χ3v) is 2.84. The SMILES string of the molecule is Cc1cnn(CCNC(=O)[C@H](N)c2ccccc2)c1. The zero-order valence-electron chi connectivity index (χ0n) is 10.9. The molecule has 100 valence electrons. The first-order valence-electron chi connectivity index (χ1n) is 6.24. The first kappa shape index (κ1) is 13.3. The molecule has 0 unspecified atom stereocenters. The molecule has 0 spiro atoms. The Morgan fingerprint density at radius 2 is 2.16 bits per heavy atom. The summed E-state index contributed by atoms with van der Waals surface area (Å²) >= 11 is 0. The molecule has 1 aromatic heterocycles. The number of rotatable bonds is 5. The van der Waals surface area contributed by atoms with Gasteiger partial charge in [0.05, 0.1) is 12.7 Å². The van der Waals surface area contributed by atoms with Crippen molar-refractivity contribution in [1.82, 2.24) is 15.1 Å². The van der Waals surface area contributed by atoms with Gasteiger partial charge in [-0.05, 0) is 18.1 Å². The Hall–Kier alpha value is -2.14. The topological polar surface area (TPSA) is 72.9 Å². The second kappa shape index (κ2) is 6.15. The fourth-order valence-corrected chi connectivity index (χ4v) is 1.80. The van der Waals surface area contributed by atoms with E-state index < -0.39 is 6.04 Å². The van der Waals surface area contributed by atoms with E-state index in [1.807, 2.05) is 43.5 Å². The molecule has 1 heterocycles. The van der Waals surface area contributed by atoms with Crippen molar-refractivity contribution in [1.29, 1.82) is 0 Å². The zero-order valence-corrected chi connectivity index (χ0v) is 10.9. The molecule has 0 aliphatic carbocycles. The standard InChI is InChI=1S/C14H18N4O/c1-11-9-17-18(10-11)8-7-16-14(19)13(15)12-5-3-2-4-6-12/h2-6,9-10,13H,7-8,15H2,1H3,(H,16,19)/t13-/m1/s1.